The molecule has 0 fully saturated rings. The first-order valence-electron chi connectivity index (χ1n) is 0.535. The Bertz CT molecular complexity index is 6.00. The van der Waals surface area contributed by atoms with E-state index in [1.54, 1.807) is 0 Å². The molecule has 24 valence electrons. The van der Waals surface area contributed by atoms with Crippen molar-refractivity contribution in [3.63, 3.8) is 0 Å². The molecule has 4 heavy (non-hydrogen) atoms. The van der Waals surface area contributed by atoms with Crippen LogP contribution < -0.4 is 17.0 Å². The summed E-state index contributed by atoms with van der Waals surface area (Å²) >= 11 is -2.88. The van der Waals surface area contributed by atoms with Crippen molar-refractivity contribution in [1.29, 1.82) is 0 Å². The van der Waals surface area contributed by atoms with Gasteiger partial charge in [-0.05, 0) is 0 Å². The van der Waals surface area contributed by atoms with E-state index in [2.05, 4.69) is 0 Å². The summed E-state index contributed by atoms with van der Waals surface area (Å²) in [4.78, 5) is 0. The summed E-state index contributed by atoms with van der Waals surface area (Å²) in [5.41, 5.74) is 0. The Hall–Kier alpha value is 0.963. The van der Waals surface area contributed by atoms with Gasteiger partial charge in [0, 0.05) is 0 Å². The molecule has 0 atom stereocenters. The second kappa shape index (κ2) is 9.03. The fourth-order valence-corrected chi connectivity index (χ4v) is 0. The molecule has 0 aromatic rings. The van der Waals surface area contributed by atoms with E-state index in [0.29, 0.717) is 0 Å². The van der Waals surface area contributed by atoms with Crippen LogP contribution in [-0.2, 0) is 18.1 Å². The Morgan fingerprint density at radius 1 is 1.25 bits per heavy atom. The van der Waals surface area contributed by atoms with Gasteiger partial charge in [-0.3, -0.25) is 0 Å². The Kier molecular flexibility index (Phi) is 20.0. The summed E-state index contributed by atoms with van der Waals surface area (Å²) in [7, 11) is 0. The Morgan fingerprint density at radius 3 is 1.25 bits per heavy atom. The van der Waals surface area contributed by atoms with E-state index < -0.39 is 18.1 Å². The minimum atomic E-state index is -2.88. The van der Waals surface area contributed by atoms with Gasteiger partial charge in [0.25, 0.3) is 0 Å². The van der Waals surface area contributed by atoms with Crippen molar-refractivity contribution >= 4 is 0 Å². The Morgan fingerprint density at radius 2 is 1.25 bits per heavy atom. The van der Waals surface area contributed by atoms with Crippen molar-refractivity contribution in [3.05, 3.63) is 0 Å². The van der Waals surface area contributed by atoms with Crippen molar-refractivity contribution in [2.24, 2.45) is 0 Å². The minimum absolute atomic E-state index is 0. The molecule has 0 rings (SSSR count). The molecule has 0 aromatic heterocycles. The summed E-state index contributed by atoms with van der Waals surface area (Å²) in [6, 6.07) is 0. The summed E-state index contributed by atoms with van der Waals surface area (Å²) in [6.45, 7) is 0. The fraction of sp³-hybridized carbons (Fsp3) is 0. The SMILES string of the molecule is [Br-].[F][Zn][F]. The van der Waals surface area contributed by atoms with Crippen LogP contribution in [0.3, 0.4) is 0 Å². The normalized spacial score (nSPS) is 2.50. The van der Waals surface area contributed by atoms with E-state index in [1.807, 2.05) is 0 Å². The van der Waals surface area contributed by atoms with E-state index in [-0.39, 0.29) is 17.0 Å². The first kappa shape index (κ1) is 8.88. The van der Waals surface area contributed by atoms with Gasteiger partial charge in [-0.25, -0.2) is 0 Å². The van der Waals surface area contributed by atoms with Crippen LogP contribution in [0.2, 0.25) is 0 Å². The second-order valence-corrected chi connectivity index (χ2v) is 0.525. The molecule has 0 aromatic carbocycles. The number of hydrogen-bond donors (Lipinski definition) is 0. The molecule has 0 saturated carbocycles. The van der Waals surface area contributed by atoms with Crippen LogP contribution in [0.25, 0.3) is 0 Å². The topological polar surface area (TPSA) is 0 Å². The maximum absolute atomic E-state index is 9.81. The third kappa shape index (κ3) is 12.3. The van der Waals surface area contributed by atoms with E-state index >= 15 is 0 Å². The molecule has 0 radical (unpaired) electrons. The van der Waals surface area contributed by atoms with Gasteiger partial charge in [0.2, 0.25) is 0 Å². The molecular formula is BrF2Zn-. The van der Waals surface area contributed by atoms with Gasteiger partial charge in [0.1, 0.15) is 0 Å². The quantitative estimate of drug-likeness (QED) is 0.375. The summed E-state index contributed by atoms with van der Waals surface area (Å²) in [5, 5.41) is 0. The number of hydrogen-bond acceptors (Lipinski definition) is 0. The van der Waals surface area contributed by atoms with Gasteiger partial charge in [-0.1, -0.05) is 0 Å². The molecule has 0 aliphatic rings. The molecule has 0 aliphatic heterocycles. The third-order valence-electron chi connectivity index (χ3n) is 0. The second-order valence-electron chi connectivity index (χ2n) is 0.101. The predicted octanol–water partition coefficient (Wildman–Crippen LogP) is -2.16. The molecule has 0 aliphatic carbocycles. The van der Waals surface area contributed by atoms with Crippen LogP contribution in [0.15, 0.2) is 0 Å². The van der Waals surface area contributed by atoms with Gasteiger partial charge < -0.3 is 17.0 Å². The van der Waals surface area contributed by atoms with E-state index in [9.17, 15) is 6.63 Å². The van der Waals surface area contributed by atoms with Crippen LogP contribution in [0, 0.1) is 0 Å². The maximum atomic E-state index is 9.81. The molecule has 0 spiro atoms. The molecule has 0 saturated heterocycles. The van der Waals surface area contributed by atoms with Crippen LogP contribution in [0.5, 0.6) is 0 Å². The summed E-state index contributed by atoms with van der Waals surface area (Å²) in [5.74, 6) is 0. The standard InChI is InChI=1S/BrH.2FH.Zn/h3*1H;/q;;;+2/p-3. The van der Waals surface area contributed by atoms with Crippen molar-refractivity contribution in [2.75, 3.05) is 0 Å². The molecule has 0 N–H and O–H groups in total. The van der Waals surface area contributed by atoms with E-state index in [4.69, 9.17) is 0 Å². The van der Waals surface area contributed by atoms with Gasteiger partial charge >= 0.3 is 24.8 Å². The average Bonchev–Trinajstić information content (AvgIpc) is 0.918. The summed E-state index contributed by atoms with van der Waals surface area (Å²) < 4.78 is 19.6. The third-order valence-corrected chi connectivity index (χ3v) is 0. The van der Waals surface area contributed by atoms with Crippen molar-refractivity contribution in [1.82, 2.24) is 0 Å². The first-order chi connectivity index (χ1) is 1.41. The fourth-order valence-electron chi connectivity index (χ4n) is 0. The zero-order valence-corrected chi connectivity index (χ0v) is 6.39. The van der Waals surface area contributed by atoms with Crippen molar-refractivity contribution < 1.29 is 41.7 Å². The van der Waals surface area contributed by atoms with Gasteiger partial charge in [0.05, 0.1) is 0 Å². The van der Waals surface area contributed by atoms with Crippen molar-refractivity contribution in [3.8, 4) is 0 Å². The van der Waals surface area contributed by atoms with Crippen LogP contribution in [-0.4, -0.2) is 0 Å². The van der Waals surface area contributed by atoms with Crippen LogP contribution in [0.1, 0.15) is 0 Å². The zero-order chi connectivity index (χ0) is 2.71. The van der Waals surface area contributed by atoms with E-state index in [1.165, 1.54) is 0 Å². The van der Waals surface area contributed by atoms with Gasteiger partial charge in [0.15, 0.2) is 0 Å². The monoisotopic (exact) mass is 181 g/mol. The zero-order valence-electron chi connectivity index (χ0n) is 1.84. The first-order valence-corrected chi connectivity index (χ1v) is 2.78. The molecule has 4 heteroatoms. The number of halogens is 3. The molecule has 0 nitrogen and oxygen atoms in total. The Balaban J connectivity index is 0. The van der Waals surface area contributed by atoms with Crippen LogP contribution >= 0.6 is 0 Å². The van der Waals surface area contributed by atoms with Gasteiger partial charge in [-0.15, -0.1) is 0 Å². The molecule has 0 heterocycles. The molecular weight excluding hydrogens is 183 g/mol. The summed E-state index contributed by atoms with van der Waals surface area (Å²) in [6.07, 6.45) is 0. The number of rotatable bonds is 0. The Labute approximate surface area is 42.1 Å². The van der Waals surface area contributed by atoms with Gasteiger partial charge in [-0.2, -0.15) is 0 Å². The average molecular weight is 183 g/mol. The molecule has 0 bridgehead atoms. The van der Waals surface area contributed by atoms with Crippen molar-refractivity contribution in [2.45, 2.75) is 0 Å². The van der Waals surface area contributed by atoms with E-state index in [0.717, 1.165) is 0 Å². The van der Waals surface area contributed by atoms with Crippen LogP contribution in [0.4, 0.5) is 6.63 Å². The molecule has 0 unspecified atom stereocenters. The molecule has 0 amide bonds. The predicted molar refractivity (Wildman–Crippen MR) is 2.22 cm³/mol.